The van der Waals surface area contributed by atoms with Gasteiger partial charge in [0.2, 0.25) is 11.8 Å². The van der Waals surface area contributed by atoms with Crippen molar-refractivity contribution in [2.45, 2.75) is 38.6 Å². The highest BCUT2D eigenvalue weighted by Crippen LogP contribution is 2.08. The summed E-state index contributed by atoms with van der Waals surface area (Å²) in [6, 6.07) is 20.0. The Morgan fingerprint density at radius 2 is 1.29 bits per heavy atom. The first-order valence-corrected chi connectivity index (χ1v) is 10.8. The Morgan fingerprint density at radius 3 is 1.77 bits per heavy atom. The van der Waals surface area contributed by atoms with Gasteiger partial charge in [-0.05, 0) is 37.3 Å². The Morgan fingerprint density at radius 1 is 0.806 bits per heavy atom. The Hall–Kier alpha value is -2.70. The molecule has 0 aliphatic carbocycles. The number of carbonyl (C=O) groups excluding carboxylic acids is 2. The van der Waals surface area contributed by atoms with E-state index in [1.165, 1.54) is 11.1 Å². The molecule has 2 N–H and O–H groups in total. The Kier molecular flexibility index (Phi) is 10.8. The number of rotatable bonds is 14. The highest BCUT2D eigenvalue weighted by Gasteiger charge is 2.25. The minimum Gasteiger partial charge on any atom is -0.371 e. The molecular formula is C25H34N2O4. The van der Waals surface area contributed by atoms with Gasteiger partial charge in [0.25, 0.3) is 0 Å². The lowest BCUT2D eigenvalue weighted by Gasteiger charge is -2.30. The van der Waals surface area contributed by atoms with E-state index < -0.39 is 5.54 Å². The lowest BCUT2D eigenvalue weighted by atomic mass is 9.99. The molecule has 0 unspecified atom stereocenters. The fraction of sp³-hybridized carbons (Fsp3) is 0.440. The van der Waals surface area contributed by atoms with Crippen molar-refractivity contribution in [3.8, 4) is 0 Å². The smallest absolute Gasteiger partial charge is 0.246 e. The molecule has 1 atom stereocenters. The molecule has 0 spiro atoms. The van der Waals surface area contributed by atoms with Crippen molar-refractivity contribution in [1.29, 1.82) is 0 Å². The molecule has 0 fully saturated rings. The van der Waals surface area contributed by atoms with Gasteiger partial charge < -0.3 is 20.1 Å². The largest absolute Gasteiger partial charge is 0.371 e. The van der Waals surface area contributed by atoms with Crippen molar-refractivity contribution in [1.82, 2.24) is 10.6 Å². The van der Waals surface area contributed by atoms with Gasteiger partial charge >= 0.3 is 0 Å². The summed E-state index contributed by atoms with van der Waals surface area (Å²) in [6.07, 6.45) is 2.21. The Balaban J connectivity index is 1.60. The molecule has 0 aliphatic heterocycles. The van der Waals surface area contributed by atoms with Crippen molar-refractivity contribution >= 4 is 11.8 Å². The summed E-state index contributed by atoms with van der Waals surface area (Å²) in [5.41, 5.74) is 1.81. The predicted octanol–water partition coefficient (Wildman–Crippen LogP) is 2.91. The second-order valence-corrected chi connectivity index (χ2v) is 7.82. The Labute approximate surface area is 185 Å². The zero-order valence-electron chi connectivity index (χ0n) is 18.6. The molecule has 0 aromatic heterocycles. The standard InChI is InChI=1S/C25H34N2O4/c1-3-25(2,27-24(29)19-31-17-15-22-12-8-5-9-13-22)20-26-23(28)18-30-16-14-21-10-6-4-7-11-21/h4-13H,3,14-20H2,1-2H3,(H,26,28)(H,27,29)/t25-/m1/s1. The third-order valence-electron chi connectivity index (χ3n) is 5.12. The number of carbonyl (C=O) groups is 2. The SMILES string of the molecule is CC[C@](C)(CNC(=O)COCCc1ccccc1)NC(=O)COCCc1ccccc1. The van der Waals surface area contributed by atoms with Crippen LogP contribution in [0.4, 0.5) is 0 Å². The van der Waals surface area contributed by atoms with E-state index in [0.29, 0.717) is 26.2 Å². The van der Waals surface area contributed by atoms with Crippen LogP contribution in [0.1, 0.15) is 31.4 Å². The molecule has 0 saturated heterocycles. The number of nitrogens with one attached hydrogen (secondary N) is 2. The van der Waals surface area contributed by atoms with Crippen LogP contribution in [-0.2, 0) is 31.9 Å². The zero-order chi connectivity index (χ0) is 22.4. The fourth-order valence-corrected chi connectivity index (χ4v) is 2.97. The highest BCUT2D eigenvalue weighted by atomic mass is 16.5. The third-order valence-corrected chi connectivity index (χ3v) is 5.12. The van der Waals surface area contributed by atoms with E-state index in [9.17, 15) is 9.59 Å². The molecular weight excluding hydrogens is 392 g/mol. The molecule has 2 rings (SSSR count). The first kappa shape index (κ1) is 24.6. The number of ether oxygens (including phenoxy) is 2. The molecule has 31 heavy (non-hydrogen) atoms. The van der Waals surface area contributed by atoms with E-state index in [4.69, 9.17) is 9.47 Å². The van der Waals surface area contributed by atoms with Crippen LogP contribution in [0.15, 0.2) is 60.7 Å². The number of benzene rings is 2. The van der Waals surface area contributed by atoms with Crippen LogP contribution in [-0.4, -0.2) is 50.3 Å². The lowest BCUT2D eigenvalue weighted by molar-refractivity contribution is -0.129. The molecule has 0 bridgehead atoms. The van der Waals surface area contributed by atoms with Crippen LogP contribution in [0.3, 0.4) is 0 Å². The summed E-state index contributed by atoms with van der Waals surface area (Å²) >= 11 is 0. The van der Waals surface area contributed by atoms with Gasteiger partial charge in [-0.25, -0.2) is 0 Å². The van der Waals surface area contributed by atoms with Crippen molar-refractivity contribution in [2.75, 3.05) is 33.0 Å². The van der Waals surface area contributed by atoms with Crippen molar-refractivity contribution in [3.05, 3.63) is 71.8 Å². The van der Waals surface area contributed by atoms with Gasteiger partial charge in [0.05, 0.1) is 18.8 Å². The fourth-order valence-electron chi connectivity index (χ4n) is 2.97. The summed E-state index contributed by atoms with van der Waals surface area (Å²) in [5.74, 6) is -0.383. The molecule has 0 saturated carbocycles. The minimum atomic E-state index is -0.542. The third kappa shape index (κ3) is 10.2. The summed E-state index contributed by atoms with van der Waals surface area (Å²) in [7, 11) is 0. The zero-order valence-corrected chi connectivity index (χ0v) is 18.6. The van der Waals surface area contributed by atoms with E-state index in [-0.39, 0.29) is 25.0 Å². The molecule has 2 aromatic rings. The maximum Gasteiger partial charge on any atom is 0.246 e. The monoisotopic (exact) mass is 426 g/mol. The van der Waals surface area contributed by atoms with Gasteiger partial charge in [-0.2, -0.15) is 0 Å². The quantitative estimate of drug-likeness (QED) is 0.456. The molecule has 168 valence electrons. The average Bonchev–Trinajstić information content (AvgIpc) is 2.80. The Bertz CT molecular complexity index is 783. The summed E-state index contributed by atoms with van der Waals surface area (Å²) in [5, 5.41) is 5.81. The van der Waals surface area contributed by atoms with E-state index in [0.717, 1.165) is 12.8 Å². The van der Waals surface area contributed by atoms with Crippen LogP contribution in [0.5, 0.6) is 0 Å². The maximum absolute atomic E-state index is 12.2. The van der Waals surface area contributed by atoms with E-state index >= 15 is 0 Å². The van der Waals surface area contributed by atoms with E-state index in [1.54, 1.807) is 0 Å². The molecule has 6 nitrogen and oxygen atoms in total. The van der Waals surface area contributed by atoms with Gasteiger partial charge in [-0.1, -0.05) is 67.6 Å². The van der Waals surface area contributed by atoms with E-state index in [1.807, 2.05) is 74.5 Å². The highest BCUT2D eigenvalue weighted by molar-refractivity contribution is 5.79. The van der Waals surface area contributed by atoms with Crippen LogP contribution >= 0.6 is 0 Å². The van der Waals surface area contributed by atoms with Crippen molar-refractivity contribution in [3.63, 3.8) is 0 Å². The predicted molar refractivity (Wildman–Crippen MR) is 122 cm³/mol. The first-order chi connectivity index (χ1) is 15.0. The van der Waals surface area contributed by atoms with Crippen molar-refractivity contribution < 1.29 is 19.1 Å². The van der Waals surface area contributed by atoms with Gasteiger partial charge in [0.15, 0.2) is 0 Å². The molecule has 0 radical (unpaired) electrons. The molecule has 0 heterocycles. The molecule has 0 aliphatic rings. The van der Waals surface area contributed by atoms with Gasteiger partial charge in [-0.15, -0.1) is 0 Å². The molecule has 6 heteroatoms. The lowest BCUT2D eigenvalue weighted by Crippen LogP contribution is -2.54. The van der Waals surface area contributed by atoms with Gasteiger partial charge in [-0.3, -0.25) is 9.59 Å². The van der Waals surface area contributed by atoms with Crippen molar-refractivity contribution in [2.24, 2.45) is 0 Å². The number of hydrogen-bond acceptors (Lipinski definition) is 4. The van der Waals surface area contributed by atoms with Crippen LogP contribution in [0, 0.1) is 0 Å². The van der Waals surface area contributed by atoms with Crippen LogP contribution in [0.2, 0.25) is 0 Å². The molecule has 2 amide bonds. The summed E-state index contributed by atoms with van der Waals surface area (Å²) in [4.78, 5) is 24.3. The number of hydrogen-bond donors (Lipinski definition) is 2. The maximum atomic E-state index is 12.2. The molecule has 2 aromatic carbocycles. The normalized spacial score (nSPS) is 12.7. The summed E-state index contributed by atoms with van der Waals surface area (Å²) < 4.78 is 11.0. The van der Waals surface area contributed by atoms with Gasteiger partial charge in [0, 0.05) is 6.54 Å². The minimum absolute atomic E-state index is 0.00102. The second-order valence-electron chi connectivity index (χ2n) is 7.82. The second kappa shape index (κ2) is 13.6. The number of amides is 2. The van der Waals surface area contributed by atoms with Crippen LogP contribution < -0.4 is 10.6 Å². The van der Waals surface area contributed by atoms with Gasteiger partial charge in [0.1, 0.15) is 13.2 Å². The first-order valence-electron chi connectivity index (χ1n) is 10.8. The topological polar surface area (TPSA) is 76.7 Å². The average molecular weight is 427 g/mol. The van der Waals surface area contributed by atoms with Crippen LogP contribution in [0.25, 0.3) is 0 Å². The summed E-state index contributed by atoms with van der Waals surface area (Å²) in [6.45, 7) is 5.18. The van der Waals surface area contributed by atoms with E-state index in [2.05, 4.69) is 10.6 Å².